The second-order valence-corrected chi connectivity index (χ2v) is 7.99. The lowest BCUT2D eigenvalue weighted by Gasteiger charge is -2.48. The highest BCUT2D eigenvalue weighted by Crippen LogP contribution is 2.57. The van der Waals surface area contributed by atoms with Gasteiger partial charge in [0.1, 0.15) is 6.10 Å². The fourth-order valence-corrected chi connectivity index (χ4v) is 3.74. The summed E-state index contributed by atoms with van der Waals surface area (Å²) < 4.78 is 164. The molecule has 0 spiro atoms. The summed E-state index contributed by atoms with van der Waals surface area (Å²) in [6.07, 6.45) is -33.9. The van der Waals surface area contributed by atoms with Crippen molar-refractivity contribution in [1.29, 1.82) is 0 Å². The summed E-state index contributed by atoms with van der Waals surface area (Å²) in [6, 6.07) is 0. The minimum absolute atomic E-state index is 0.0164. The van der Waals surface area contributed by atoms with Gasteiger partial charge in [0.05, 0.1) is 5.92 Å². The van der Waals surface area contributed by atoms with Crippen molar-refractivity contribution in [2.24, 2.45) is 17.8 Å². The SMILES string of the molecule is CCC(C)C(=O)OC1CC(C(O)(C(F)(F)F)C(F)(F)F)CC(C(O)(C(F)(F)F)C(F)(F)F)C1. The summed E-state index contributed by atoms with van der Waals surface area (Å²) in [5, 5.41) is 19.1. The van der Waals surface area contributed by atoms with E-state index in [9.17, 15) is 67.7 Å². The van der Waals surface area contributed by atoms with Crippen molar-refractivity contribution in [3.8, 4) is 0 Å². The number of carbonyl (C=O) groups excluding carboxylic acids is 1. The van der Waals surface area contributed by atoms with Gasteiger partial charge in [0.2, 0.25) is 0 Å². The van der Waals surface area contributed by atoms with Crippen molar-refractivity contribution in [1.82, 2.24) is 0 Å². The lowest BCUT2D eigenvalue weighted by atomic mass is 9.65. The van der Waals surface area contributed by atoms with E-state index in [2.05, 4.69) is 4.74 Å². The molecule has 4 nitrogen and oxygen atoms in total. The van der Waals surface area contributed by atoms with Crippen LogP contribution in [-0.4, -0.2) is 58.2 Å². The van der Waals surface area contributed by atoms with E-state index in [-0.39, 0.29) is 6.42 Å². The van der Waals surface area contributed by atoms with Gasteiger partial charge in [0, 0.05) is 11.8 Å². The van der Waals surface area contributed by atoms with Crippen molar-refractivity contribution in [2.45, 2.75) is 81.5 Å². The topological polar surface area (TPSA) is 66.8 Å². The number of rotatable bonds is 5. The Morgan fingerprint density at radius 1 is 0.758 bits per heavy atom. The molecule has 1 fully saturated rings. The molecule has 0 bridgehead atoms. The van der Waals surface area contributed by atoms with Gasteiger partial charge in [-0.05, 0) is 25.7 Å². The van der Waals surface area contributed by atoms with Gasteiger partial charge in [-0.25, -0.2) is 0 Å². The first kappa shape index (κ1) is 29.6. The molecular formula is C17H20F12O4. The van der Waals surface area contributed by atoms with E-state index in [1.807, 2.05) is 0 Å². The van der Waals surface area contributed by atoms with Gasteiger partial charge in [0.15, 0.2) is 0 Å². The number of carbonyl (C=O) groups is 1. The molecule has 0 amide bonds. The van der Waals surface area contributed by atoms with Crippen LogP contribution in [0.4, 0.5) is 52.7 Å². The third-order valence-electron chi connectivity index (χ3n) is 5.87. The summed E-state index contributed by atoms with van der Waals surface area (Å²) in [6.45, 7) is 2.58. The first-order valence-corrected chi connectivity index (χ1v) is 9.37. The summed E-state index contributed by atoms with van der Waals surface area (Å²) in [4.78, 5) is 11.9. The van der Waals surface area contributed by atoms with Crippen LogP contribution in [0.1, 0.15) is 39.5 Å². The molecule has 16 heteroatoms. The summed E-state index contributed by atoms with van der Waals surface area (Å²) in [5.74, 6) is -9.06. The lowest BCUT2D eigenvalue weighted by molar-refractivity contribution is -0.405. The Bertz CT molecular complexity index is 620. The smallest absolute Gasteiger partial charge is 0.426 e. The molecule has 1 aliphatic rings. The van der Waals surface area contributed by atoms with Gasteiger partial charge < -0.3 is 14.9 Å². The Hall–Kier alpha value is -1.45. The zero-order valence-electron chi connectivity index (χ0n) is 16.9. The van der Waals surface area contributed by atoms with E-state index in [4.69, 9.17) is 0 Å². The standard InChI is InChI=1S/C17H20F12O4/c1-3-7(2)11(30)33-10-5-8(12(31,14(18,19)20)15(21,22)23)4-9(6-10)13(32,16(24,25)26)17(27,28)29/h7-10,31-32H,3-6H2,1-2H3. The second-order valence-electron chi connectivity index (χ2n) is 7.99. The third kappa shape index (κ3) is 5.30. The van der Waals surface area contributed by atoms with Crippen LogP contribution in [0.2, 0.25) is 0 Å². The number of esters is 1. The Labute approximate surface area is 178 Å². The first-order valence-electron chi connectivity index (χ1n) is 9.37. The molecule has 1 aliphatic carbocycles. The molecule has 3 unspecified atom stereocenters. The zero-order chi connectivity index (χ0) is 26.4. The molecule has 196 valence electrons. The maximum Gasteiger partial charge on any atom is 0.426 e. The largest absolute Gasteiger partial charge is 0.462 e. The molecule has 2 N–H and O–H groups in total. The Kier molecular flexibility index (Phi) is 8.04. The van der Waals surface area contributed by atoms with Crippen molar-refractivity contribution in [3.05, 3.63) is 0 Å². The fraction of sp³-hybridized carbons (Fsp3) is 0.941. The van der Waals surface area contributed by atoms with E-state index in [0.717, 1.165) is 0 Å². The summed E-state index contributed by atoms with van der Waals surface area (Å²) in [5.41, 5.74) is -11.5. The molecule has 0 aromatic heterocycles. The van der Waals surface area contributed by atoms with Crippen LogP contribution < -0.4 is 0 Å². The Balaban J connectivity index is 3.65. The zero-order valence-corrected chi connectivity index (χ0v) is 16.9. The molecule has 0 heterocycles. The molecule has 0 radical (unpaired) electrons. The number of hydrogen-bond acceptors (Lipinski definition) is 4. The highest BCUT2D eigenvalue weighted by Gasteiger charge is 2.78. The molecule has 33 heavy (non-hydrogen) atoms. The monoisotopic (exact) mass is 516 g/mol. The van der Waals surface area contributed by atoms with Crippen LogP contribution in [0.5, 0.6) is 0 Å². The normalized spacial score (nSPS) is 25.0. The van der Waals surface area contributed by atoms with Crippen LogP contribution >= 0.6 is 0 Å². The minimum Gasteiger partial charge on any atom is -0.462 e. The Morgan fingerprint density at radius 2 is 1.06 bits per heavy atom. The predicted molar refractivity (Wildman–Crippen MR) is 84.3 cm³/mol. The second kappa shape index (κ2) is 8.96. The van der Waals surface area contributed by atoms with Crippen LogP contribution in [0.25, 0.3) is 0 Å². The van der Waals surface area contributed by atoms with E-state index in [1.54, 1.807) is 0 Å². The molecule has 0 aromatic rings. The number of ether oxygens (including phenoxy) is 1. The van der Waals surface area contributed by atoms with Gasteiger partial charge in [0.25, 0.3) is 11.2 Å². The summed E-state index contributed by atoms with van der Waals surface area (Å²) >= 11 is 0. The van der Waals surface area contributed by atoms with Crippen LogP contribution in [0.3, 0.4) is 0 Å². The minimum atomic E-state index is -6.57. The van der Waals surface area contributed by atoms with Gasteiger partial charge in [-0.15, -0.1) is 0 Å². The van der Waals surface area contributed by atoms with Crippen LogP contribution in [0, 0.1) is 17.8 Å². The molecule has 0 saturated heterocycles. The number of aliphatic hydroxyl groups is 2. The van der Waals surface area contributed by atoms with Gasteiger partial charge in [-0.2, -0.15) is 52.7 Å². The van der Waals surface area contributed by atoms with Gasteiger partial charge in [-0.3, -0.25) is 4.79 Å². The maximum absolute atomic E-state index is 13.3. The number of alkyl halides is 12. The van der Waals surface area contributed by atoms with Crippen LogP contribution in [0.15, 0.2) is 0 Å². The third-order valence-corrected chi connectivity index (χ3v) is 5.87. The first-order chi connectivity index (χ1) is 14.4. The van der Waals surface area contributed by atoms with E-state index < -0.39 is 85.0 Å². The van der Waals surface area contributed by atoms with Crippen molar-refractivity contribution >= 4 is 5.97 Å². The molecule has 0 aromatic carbocycles. The van der Waals surface area contributed by atoms with E-state index in [0.29, 0.717) is 0 Å². The van der Waals surface area contributed by atoms with Crippen molar-refractivity contribution in [3.63, 3.8) is 0 Å². The summed E-state index contributed by atoms with van der Waals surface area (Å²) in [7, 11) is 0. The van der Waals surface area contributed by atoms with Crippen molar-refractivity contribution in [2.75, 3.05) is 0 Å². The van der Waals surface area contributed by atoms with Crippen LogP contribution in [-0.2, 0) is 9.53 Å². The average Bonchev–Trinajstić information content (AvgIpc) is 2.61. The highest BCUT2D eigenvalue weighted by atomic mass is 19.4. The quantitative estimate of drug-likeness (QED) is 0.396. The highest BCUT2D eigenvalue weighted by molar-refractivity contribution is 5.72. The van der Waals surface area contributed by atoms with E-state index >= 15 is 0 Å². The lowest BCUT2D eigenvalue weighted by Crippen LogP contribution is -2.67. The molecular weight excluding hydrogens is 496 g/mol. The van der Waals surface area contributed by atoms with Gasteiger partial charge >= 0.3 is 30.7 Å². The Morgan fingerprint density at radius 3 is 1.30 bits per heavy atom. The average molecular weight is 516 g/mol. The van der Waals surface area contributed by atoms with Crippen molar-refractivity contribution < 1.29 is 72.4 Å². The maximum atomic E-state index is 13.3. The molecule has 0 aliphatic heterocycles. The fourth-order valence-electron chi connectivity index (χ4n) is 3.74. The van der Waals surface area contributed by atoms with Gasteiger partial charge in [-0.1, -0.05) is 13.8 Å². The molecule has 1 saturated carbocycles. The predicted octanol–water partition coefficient (Wildman–Crippen LogP) is 5.07. The number of hydrogen-bond donors (Lipinski definition) is 2. The number of halogens is 12. The van der Waals surface area contributed by atoms with E-state index in [1.165, 1.54) is 13.8 Å². The molecule has 3 atom stereocenters. The molecule has 1 rings (SSSR count).